The number of hydrogen-bond acceptors (Lipinski definition) is 8. The molecule has 0 unspecified atom stereocenters. The monoisotopic (exact) mass is 382 g/mol. The summed E-state index contributed by atoms with van der Waals surface area (Å²) in [6, 6.07) is 9.43. The van der Waals surface area contributed by atoms with Crippen LogP contribution in [0.3, 0.4) is 0 Å². The van der Waals surface area contributed by atoms with Crippen LogP contribution < -0.4 is 5.43 Å². The van der Waals surface area contributed by atoms with Crippen LogP contribution in [-0.2, 0) is 4.79 Å². The van der Waals surface area contributed by atoms with Crippen LogP contribution in [0, 0.1) is 13.8 Å². The van der Waals surface area contributed by atoms with E-state index in [9.17, 15) is 4.79 Å². The maximum absolute atomic E-state index is 12.1. The Morgan fingerprint density at radius 2 is 2.00 bits per heavy atom. The summed E-state index contributed by atoms with van der Waals surface area (Å²) in [5.74, 6) is -0.0385. The average molecular weight is 382 g/mol. The van der Waals surface area contributed by atoms with E-state index in [1.54, 1.807) is 4.68 Å². The standard InChI is InChI=1S/C17H18N8OS/c1-11-7-12(2)20-17(19-11)27-9-16(26)22-21-13(3)14-5-4-6-15(8-14)25-10-18-23-24-25/h4-8,10H,9H2,1-3H3,(H,22,26)/b21-13+. The molecule has 0 saturated heterocycles. The van der Waals surface area contributed by atoms with E-state index in [1.807, 2.05) is 51.1 Å². The van der Waals surface area contributed by atoms with Gasteiger partial charge in [-0.05, 0) is 55.0 Å². The van der Waals surface area contributed by atoms with Crippen molar-refractivity contribution >= 4 is 23.4 Å². The van der Waals surface area contributed by atoms with Crippen LogP contribution in [0.5, 0.6) is 0 Å². The van der Waals surface area contributed by atoms with Gasteiger partial charge in [-0.1, -0.05) is 23.9 Å². The van der Waals surface area contributed by atoms with Gasteiger partial charge < -0.3 is 0 Å². The number of thioether (sulfide) groups is 1. The topological polar surface area (TPSA) is 111 Å². The quantitative estimate of drug-likeness (QED) is 0.299. The van der Waals surface area contributed by atoms with Crippen molar-refractivity contribution in [2.45, 2.75) is 25.9 Å². The Morgan fingerprint density at radius 1 is 1.22 bits per heavy atom. The maximum atomic E-state index is 12.1. The fraction of sp³-hybridized carbons (Fsp3) is 0.235. The summed E-state index contributed by atoms with van der Waals surface area (Å²) >= 11 is 1.28. The Hall–Kier alpha value is -3.14. The molecule has 10 heteroatoms. The Balaban J connectivity index is 1.60. The first kappa shape index (κ1) is 18.6. The van der Waals surface area contributed by atoms with Crippen molar-refractivity contribution in [2.24, 2.45) is 5.10 Å². The molecule has 1 N–H and O–H groups in total. The van der Waals surface area contributed by atoms with E-state index >= 15 is 0 Å². The lowest BCUT2D eigenvalue weighted by Crippen LogP contribution is -2.21. The van der Waals surface area contributed by atoms with Crippen molar-refractivity contribution in [2.75, 3.05) is 5.75 Å². The summed E-state index contributed by atoms with van der Waals surface area (Å²) in [6.07, 6.45) is 1.51. The highest BCUT2D eigenvalue weighted by Gasteiger charge is 2.07. The molecule has 0 fully saturated rings. The first-order valence-electron chi connectivity index (χ1n) is 8.13. The van der Waals surface area contributed by atoms with Crippen LogP contribution in [0.15, 0.2) is 46.9 Å². The van der Waals surface area contributed by atoms with Gasteiger partial charge >= 0.3 is 0 Å². The molecule has 3 aromatic rings. The van der Waals surface area contributed by atoms with Gasteiger partial charge in [0.25, 0.3) is 5.91 Å². The molecule has 0 spiro atoms. The van der Waals surface area contributed by atoms with E-state index in [0.717, 1.165) is 22.6 Å². The van der Waals surface area contributed by atoms with Gasteiger partial charge in [0.2, 0.25) is 0 Å². The molecule has 9 nitrogen and oxygen atoms in total. The molecule has 27 heavy (non-hydrogen) atoms. The van der Waals surface area contributed by atoms with Crippen LogP contribution in [0.4, 0.5) is 0 Å². The summed E-state index contributed by atoms with van der Waals surface area (Å²) < 4.78 is 1.55. The Bertz CT molecular complexity index is 951. The third kappa shape index (κ3) is 5.17. The van der Waals surface area contributed by atoms with Crippen LogP contribution in [0.25, 0.3) is 5.69 Å². The highest BCUT2D eigenvalue weighted by molar-refractivity contribution is 7.99. The van der Waals surface area contributed by atoms with E-state index < -0.39 is 0 Å². The zero-order valence-corrected chi connectivity index (χ0v) is 15.9. The van der Waals surface area contributed by atoms with Crippen LogP contribution in [-0.4, -0.2) is 47.5 Å². The van der Waals surface area contributed by atoms with E-state index in [-0.39, 0.29) is 11.7 Å². The fourth-order valence-electron chi connectivity index (χ4n) is 2.28. The minimum absolute atomic E-state index is 0.185. The Kier molecular flexibility index (Phi) is 5.87. The number of aryl methyl sites for hydroxylation is 2. The largest absolute Gasteiger partial charge is 0.272 e. The number of hydrogen-bond donors (Lipinski definition) is 1. The Labute approximate surface area is 160 Å². The molecule has 2 aromatic heterocycles. The highest BCUT2D eigenvalue weighted by Crippen LogP contribution is 2.14. The van der Waals surface area contributed by atoms with Crippen molar-refractivity contribution in [1.82, 2.24) is 35.6 Å². The number of carbonyl (C=O) groups is 1. The van der Waals surface area contributed by atoms with Gasteiger partial charge in [-0.3, -0.25) is 4.79 Å². The molecule has 0 aliphatic heterocycles. The lowest BCUT2D eigenvalue weighted by atomic mass is 10.1. The van der Waals surface area contributed by atoms with Crippen LogP contribution in [0.1, 0.15) is 23.9 Å². The Morgan fingerprint density at radius 3 is 2.70 bits per heavy atom. The summed E-state index contributed by atoms with van der Waals surface area (Å²) in [5.41, 5.74) is 6.65. The molecule has 0 aliphatic rings. The highest BCUT2D eigenvalue weighted by atomic mass is 32.2. The second-order valence-corrected chi connectivity index (χ2v) is 6.70. The summed E-state index contributed by atoms with van der Waals surface area (Å²) in [5, 5.41) is 15.8. The zero-order chi connectivity index (χ0) is 19.2. The van der Waals surface area contributed by atoms with Crippen molar-refractivity contribution in [3.63, 3.8) is 0 Å². The number of tetrazole rings is 1. The molecule has 0 bridgehead atoms. The molecule has 138 valence electrons. The molecular formula is C17H18N8OS. The van der Waals surface area contributed by atoms with Gasteiger partial charge in [0, 0.05) is 11.4 Å². The minimum Gasteiger partial charge on any atom is -0.272 e. The smallest absolute Gasteiger partial charge is 0.250 e. The van der Waals surface area contributed by atoms with Gasteiger partial charge in [-0.25, -0.2) is 20.1 Å². The molecule has 0 aliphatic carbocycles. The van der Waals surface area contributed by atoms with Crippen molar-refractivity contribution in [1.29, 1.82) is 0 Å². The SMILES string of the molecule is C/C(=N\NC(=O)CSc1nc(C)cc(C)n1)c1cccc(-n2cnnn2)c1. The molecule has 0 saturated carbocycles. The maximum Gasteiger partial charge on any atom is 0.250 e. The predicted octanol–water partition coefficient (Wildman–Crippen LogP) is 1.70. The first-order chi connectivity index (χ1) is 13.0. The minimum atomic E-state index is -0.223. The fourth-order valence-corrected chi connectivity index (χ4v) is 3.03. The van der Waals surface area contributed by atoms with Gasteiger partial charge in [-0.2, -0.15) is 5.10 Å². The van der Waals surface area contributed by atoms with Crippen molar-refractivity contribution in [3.8, 4) is 5.69 Å². The normalized spacial score (nSPS) is 11.4. The second-order valence-electron chi connectivity index (χ2n) is 5.76. The van der Waals surface area contributed by atoms with Gasteiger partial charge in [0.05, 0.1) is 17.2 Å². The second kappa shape index (κ2) is 8.49. The molecule has 2 heterocycles. The van der Waals surface area contributed by atoms with E-state index in [1.165, 1.54) is 18.1 Å². The zero-order valence-electron chi connectivity index (χ0n) is 15.1. The number of hydrazone groups is 1. The molecule has 3 rings (SSSR count). The van der Waals surface area contributed by atoms with E-state index in [4.69, 9.17) is 0 Å². The van der Waals surface area contributed by atoms with E-state index in [2.05, 4.69) is 36.0 Å². The predicted molar refractivity (Wildman–Crippen MR) is 102 cm³/mol. The van der Waals surface area contributed by atoms with Crippen molar-refractivity contribution in [3.05, 3.63) is 53.6 Å². The third-order valence-corrected chi connectivity index (χ3v) is 4.37. The summed E-state index contributed by atoms with van der Waals surface area (Å²) in [7, 11) is 0. The average Bonchev–Trinajstić information content (AvgIpc) is 3.18. The van der Waals surface area contributed by atoms with Crippen LogP contribution in [0.2, 0.25) is 0 Å². The molecule has 0 atom stereocenters. The van der Waals surface area contributed by atoms with Gasteiger partial charge in [0.15, 0.2) is 5.16 Å². The number of carbonyl (C=O) groups excluding carboxylic acids is 1. The van der Waals surface area contributed by atoms with Gasteiger partial charge in [0.1, 0.15) is 6.33 Å². The summed E-state index contributed by atoms with van der Waals surface area (Å²) in [6.45, 7) is 5.62. The number of aromatic nitrogens is 6. The molecule has 1 aromatic carbocycles. The third-order valence-electron chi connectivity index (χ3n) is 3.52. The van der Waals surface area contributed by atoms with Gasteiger partial charge in [-0.15, -0.1) is 5.10 Å². The van der Waals surface area contributed by atoms with E-state index in [0.29, 0.717) is 10.9 Å². The van der Waals surface area contributed by atoms with Crippen LogP contribution >= 0.6 is 11.8 Å². The number of benzene rings is 1. The molecule has 1 amide bonds. The lowest BCUT2D eigenvalue weighted by molar-refractivity contribution is -0.118. The molecular weight excluding hydrogens is 364 g/mol. The number of amides is 1. The number of nitrogens with zero attached hydrogens (tertiary/aromatic N) is 7. The first-order valence-corrected chi connectivity index (χ1v) is 9.12. The number of nitrogens with one attached hydrogen (secondary N) is 1. The number of rotatable bonds is 6. The lowest BCUT2D eigenvalue weighted by Gasteiger charge is -2.05. The van der Waals surface area contributed by atoms with Crippen molar-refractivity contribution < 1.29 is 4.79 Å². The molecule has 0 radical (unpaired) electrons. The summed E-state index contributed by atoms with van der Waals surface area (Å²) in [4.78, 5) is 20.7.